The second-order valence-electron chi connectivity index (χ2n) is 6.10. The van der Waals surface area contributed by atoms with Gasteiger partial charge in [-0.25, -0.2) is 9.19 Å². The summed E-state index contributed by atoms with van der Waals surface area (Å²) in [4.78, 5) is 24.3. The van der Waals surface area contributed by atoms with Crippen molar-refractivity contribution in [2.24, 2.45) is 0 Å². The van der Waals surface area contributed by atoms with Gasteiger partial charge in [-0.15, -0.1) is 10.2 Å². The van der Waals surface area contributed by atoms with Crippen molar-refractivity contribution in [1.82, 2.24) is 24.5 Å². The summed E-state index contributed by atoms with van der Waals surface area (Å²) >= 11 is 5.97. The van der Waals surface area contributed by atoms with E-state index in [4.69, 9.17) is 16.3 Å². The zero-order valence-corrected chi connectivity index (χ0v) is 15.8. The molecule has 0 fully saturated rings. The van der Waals surface area contributed by atoms with E-state index in [9.17, 15) is 9.59 Å². The van der Waals surface area contributed by atoms with Crippen molar-refractivity contribution < 1.29 is 9.53 Å². The first-order chi connectivity index (χ1) is 13.5. The van der Waals surface area contributed by atoms with Crippen LogP contribution in [0.1, 0.15) is 5.69 Å². The quantitative estimate of drug-likeness (QED) is 0.562. The minimum Gasteiger partial charge on any atom is -0.375 e. The Morgan fingerprint density at radius 1 is 1.21 bits per heavy atom. The van der Waals surface area contributed by atoms with Crippen LogP contribution in [0.2, 0.25) is 5.02 Å². The first-order valence-corrected chi connectivity index (χ1v) is 8.69. The van der Waals surface area contributed by atoms with Gasteiger partial charge in [0.05, 0.1) is 11.3 Å². The van der Waals surface area contributed by atoms with Gasteiger partial charge in [0, 0.05) is 18.3 Å². The van der Waals surface area contributed by atoms with E-state index in [0.717, 1.165) is 21.5 Å². The third-order valence-corrected chi connectivity index (χ3v) is 4.46. The highest BCUT2D eigenvalue weighted by Crippen LogP contribution is 2.28. The largest absolute Gasteiger partial charge is 0.375 e. The van der Waals surface area contributed by atoms with Gasteiger partial charge in [-0.3, -0.25) is 15.0 Å². The molecule has 0 aliphatic heterocycles. The van der Waals surface area contributed by atoms with Gasteiger partial charge < -0.3 is 4.74 Å². The molecule has 0 aliphatic carbocycles. The van der Waals surface area contributed by atoms with E-state index in [1.165, 1.54) is 13.3 Å². The van der Waals surface area contributed by atoms with Crippen LogP contribution in [0, 0.1) is 6.92 Å². The van der Waals surface area contributed by atoms with Crippen molar-refractivity contribution in [3.63, 3.8) is 0 Å². The molecule has 0 atom stereocenters. The van der Waals surface area contributed by atoms with Crippen molar-refractivity contribution in [3.05, 3.63) is 57.6 Å². The highest BCUT2D eigenvalue weighted by atomic mass is 35.5. The molecule has 0 radical (unpaired) electrons. The summed E-state index contributed by atoms with van der Waals surface area (Å²) in [6.07, 6.45) is 1.44. The van der Waals surface area contributed by atoms with E-state index < -0.39 is 11.5 Å². The Hall–Kier alpha value is -3.30. The average Bonchev–Trinajstić information content (AvgIpc) is 3.01. The summed E-state index contributed by atoms with van der Waals surface area (Å²) in [5.74, 6) is -0.460. The maximum atomic E-state index is 12.7. The molecule has 142 valence electrons. The Labute approximate surface area is 163 Å². The summed E-state index contributed by atoms with van der Waals surface area (Å²) < 4.78 is 7.36. The van der Waals surface area contributed by atoms with Gasteiger partial charge in [-0.1, -0.05) is 23.7 Å². The van der Waals surface area contributed by atoms with Crippen molar-refractivity contribution in [1.29, 1.82) is 0 Å². The van der Waals surface area contributed by atoms with Crippen LogP contribution in [-0.4, -0.2) is 44.1 Å². The molecular weight excluding hydrogens is 384 g/mol. The minimum atomic E-state index is -0.516. The number of fused-ring (bicyclic) bond motifs is 3. The number of aromatic nitrogens is 5. The summed E-state index contributed by atoms with van der Waals surface area (Å²) in [7, 11) is 1.39. The highest BCUT2D eigenvalue weighted by Gasteiger charge is 2.17. The van der Waals surface area contributed by atoms with Crippen LogP contribution >= 0.6 is 11.6 Å². The molecule has 1 amide bonds. The molecule has 0 unspecified atom stereocenters. The number of benzene rings is 1. The second-order valence-corrected chi connectivity index (χ2v) is 6.53. The fourth-order valence-electron chi connectivity index (χ4n) is 2.99. The van der Waals surface area contributed by atoms with E-state index in [1.807, 2.05) is 19.1 Å². The molecule has 4 rings (SSSR count). The van der Waals surface area contributed by atoms with Crippen LogP contribution in [0.15, 0.2) is 41.3 Å². The number of halogens is 1. The van der Waals surface area contributed by atoms with E-state index >= 15 is 0 Å². The van der Waals surface area contributed by atoms with Gasteiger partial charge in [0.15, 0.2) is 11.2 Å². The molecule has 3 aromatic heterocycles. The summed E-state index contributed by atoms with van der Waals surface area (Å²) in [6, 6.07) is 8.97. The number of pyridine rings is 1. The predicted molar refractivity (Wildman–Crippen MR) is 104 cm³/mol. The topological polar surface area (TPSA) is 103 Å². The molecule has 9 nitrogen and oxygen atoms in total. The standard InChI is InChI=1S/C18H15ClN6O3/c1-10-15(11-3-5-12(19)6-4-11)17-21-20-16-13(25(17)22-10)7-8-24(18(16)27)23-14(26)9-28-2/h3-8H,9H2,1-2H3,(H,23,26). The number of rotatable bonds is 4. The molecule has 0 aliphatic rings. The number of hydrogen-bond donors (Lipinski definition) is 1. The Morgan fingerprint density at radius 3 is 2.68 bits per heavy atom. The molecule has 28 heavy (non-hydrogen) atoms. The van der Waals surface area contributed by atoms with E-state index in [1.54, 1.807) is 22.7 Å². The summed E-state index contributed by atoms with van der Waals surface area (Å²) in [6.45, 7) is 1.69. The number of hydrogen-bond acceptors (Lipinski definition) is 6. The SMILES string of the molecule is COCC(=O)Nn1ccc2c(nnc3c(-c4ccc(Cl)cc4)c(C)nn32)c1=O. The fraction of sp³-hybridized carbons (Fsp3) is 0.167. The molecule has 0 bridgehead atoms. The first-order valence-electron chi connectivity index (χ1n) is 8.31. The van der Waals surface area contributed by atoms with Crippen LogP contribution in [0.5, 0.6) is 0 Å². The molecule has 4 aromatic rings. The fourth-order valence-corrected chi connectivity index (χ4v) is 3.12. The van der Waals surface area contributed by atoms with Crippen LogP contribution in [0.4, 0.5) is 0 Å². The van der Waals surface area contributed by atoms with Crippen molar-refractivity contribution in [2.45, 2.75) is 6.92 Å². The van der Waals surface area contributed by atoms with Gasteiger partial charge in [0.1, 0.15) is 12.1 Å². The van der Waals surface area contributed by atoms with Gasteiger partial charge in [-0.05, 0) is 30.7 Å². The van der Waals surface area contributed by atoms with Crippen molar-refractivity contribution in [3.8, 4) is 11.1 Å². The number of amides is 1. The molecule has 10 heteroatoms. The molecule has 3 heterocycles. The van der Waals surface area contributed by atoms with E-state index in [-0.39, 0.29) is 12.1 Å². The number of aryl methyl sites for hydroxylation is 1. The number of methoxy groups -OCH3 is 1. The number of nitrogens with zero attached hydrogens (tertiary/aromatic N) is 5. The molecule has 1 N–H and O–H groups in total. The van der Waals surface area contributed by atoms with Crippen LogP contribution in [0.3, 0.4) is 0 Å². The normalized spacial score (nSPS) is 11.2. The smallest absolute Gasteiger partial charge is 0.299 e. The molecule has 1 aromatic carbocycles. The maximum absolute atomic E-state index is 12.7. The second kappa shape index (κ2) is 7.02. The third kappa shape index (κ3) is 3.00. The summed E-state index contributed by atoms with van der Waals surface area (Å²) in [5.41, 5.74) is 5.44. The zero-order valence-electron chi connectivity index (χ0n) is 15.0. The first kappa shape index (κ1) is 18.1. The molecule has 0 saturated carbocycles. The maximum Gasteiger partial charge on any atom is 0.299 e. The average molecular weight is 399 g/mol. The number of carbonyl (C=O) groups excluding carboxylic acids is 1. The van der Waals surface area contributed by atoms with E-state index in [0.29, 0.717) is 16.2 Å². The van der Waals surface area contributed by atoms with Gasteiger partial charge in [-0.2, -0.15) is 5.10 Å². The van der Waals surface area contributed by atoms with Crippen LogP contribution in [0.25, 0.3) is 27.8 Å². The highest BCUT2D eigenvalue weighted by molar-refractivity contribution is 6.30. The van der Waals surface area contributed by atoms with Gasteiger partial charge in [0.2, 0.25) is 0 Å². The van der Waals surface area contributed by atoms with Gasteiger partial charge >= 0.3 is 0 Å². The van der Waals surface area contributed by atoms with Crippen LogP contribution < -0.4 is 11.0 Å². The number of ether oxygens (including phenoxy) is 1. The monoisotopic (exact) mass is 398 g/mol. The zero-order chi connectivity index (χ0) is 19.8. The summed E-state index contributed by atoms with van der Waals surface area (Å²) in [5, 5.41) is 13.5. The lowest BCUT2D eigenvalue weighted by Crippen LogP contribution is -2.35. The number of nitrogens with one attached hydrogen (secondary N) is 1. The van der Waals surface area contributed by atoms with Crippen molar-refractivity contribution in [2.75, 3.05) is 19.1 Å². The van der Waals surface area contributed by atoms with E-state index in [2.05, 4.69) is 20.7 Å². The van der Waals surface area contributed by atoms with Gasteiger partial charge in [0.25, 0.3) is 11.5 Å². The van der Waals surface area contributed by atoms with Crippen molar-refractivity contribution >= 4 is 34.2 Å². The lowest BCUT2D eigenvalue weighted by Gasteiger charge is -2.08. The third-order valence-electron chi connectivity index (χ3n) is 4.21. The predicted octanol–water partition coefficient (Wildman–Crippen LogP) is 1.78. The molecule has 0 spiro atoms. The number of carbonyl (C=O) groups is 1. The molecule has 0 saturated heterocycles. The minimum absolute atomic E-state index is 0.0814. The Kier molecular flexibility index (Phi) is 4.54. The Morgan fingerprint density at radius 2 is 1.96 bits per heavy atom. The lowest BCUT2D eigenvalue weighted by molar-refractivity contribution is -0.120. The van der Waals surface area contributed by atoms with Crippen LogP contribution in [-0.2, 0) is 9.53 Å². The lowest BCUT2D eigenvalue weighted by atomic mass is 10.1. The Balaban J connectivity index is 1.88. The molecular formula is C18H15ClN6O3. The Bertz CT molecular complexity index is 1260.